The molecule has 0 bridgehead atoms. The fraction of sp³-hybridized carbons (Fsp3) is 0.524. The van der Waals surface area contributed by atoms with Crippen LogP contribution >= 0.6 is 0 Å². The summed E-state index contributed by atoms with van der Waals surface area (Å²) in [5.41, 5.74) is 1.45. The molecule has 1 saturated carbocycles. The normalized spacial score (nSPS) is 14.8. The second kappa shape index (κ2) is 9.36. The molecule has 0 radical (unpaired) electrons. The van der Waals surface area contributed by atoms with Gasteiger partial charge in [0.15, 0.2) is 5.82 Å². The summed E-state index contributed by atoms with van der Waals surface area (Å²) < 4.78 is 12.2. The van der Waals surface area contributed by atoms with Crippen LogP contribution < -0.4 is 10.3 Å². The first-order chi connectivity index (χ1) is 14.7. The van der Waals surface area contributed by atoms with Crippen molar-refractivity contribution in [2.24, 2.45) is 0 Å². The van der Waals surface area contributed by atoms with Crippen molar-refractivity contribution in [2.45, 2.75) is 51.4 Å². The van der Waals surface area contributed by atoms with Gasteiger partial charge in [0, 0.05) is 31.3 Å². The Morgan fingerprint density at radius 2 is 2.03 bits per heavy atom. The molecule has 9 nitrogen and oxygen atoms in total. The van der Waals surface area contributed by atoms with E-state index in [2.05, 4.69) is 25.4 Å². The summed E-state index contributed by atoms with van der Waals surface area (Å²) in [6.07, 6.45) is 4.68. The van der Waals surface area contributed by atoms with E-state index in [1.54, 1.807) is 18.9 Å². The molecule has 2 heterocycles. The number of pyridine rings is 1. The van der Waals surface area contributed by atoms with E-state index < -0.39 is 0 Å². The highest BCUT2D eigenvalue weighted by atomic mass is 16.5. The highest BCUT2D eigenvalue weighted by Crippen LogP contribution is 2.26. The zero-order valence-electron chi connectivity index (χ0n) is 17.5. The van der Waals surface area contributed by atoms with Crippen LogP contribution in [0.5, 0.6) is 5.75 Å². The molecule has 1 N–H and O–H groups in total. The van der Waals surface area contributed by atoms with Crippen molar-refractivity contribution in [1.82, 2.24) is 30.1 Å². The van der Waals surface area contributed by atoms with Crippen LogP contribution in [-0.2, 0) is 24.4 Å². The molecule has 1 fully saturated rings. The summed E-state index contributed by atoms with van der Waals surface area (Å²) in [5.74, 6) is 1.52. The largest absolute Gasteiger partial charge is 0.497 e. The highest BCUT2D eigenvalue weighted by Gasteiger charge is 2.25. The van der Waals surface area contributed by atoms with Crippen LogP contribution in [0.25, 0.3) is 10.9 Å². The van der Waals surface area contributed by atoms with Gasteiger partial charge in [-0.1, -0.05) is 12.8 Å². The lowest BCUT2D eigenvalue weighted by atomic mass is 10.1. The number of aromatic nitrogens is 5. The van der Waals surface area contributed by atoms with Gasteiger partial charge < -0.3 is 14.5 Å². The highest BCUT2D eigenvalue weighted by molar-refractivity contribution is 5.80. The summed E-state index contributed by atoms with van der Waals surface area (Å²) in [5, 5.41) is 13.1. The smallest absolute Gasteiger partial charge is 0.252 e. The molecule has 30 heavy (non-hydrogen) atoms. The fourth-order valence-electron chi connectivity index (χ4n) is 4.14. The Balaban J connectivity index is 1.60. The van der Waals surface area contributed by atoms with Crippen molar-refractivity contribution < 1.29 is 9.47 Å². The summed E-state index contributed by atoms with van der Waals surface area (Å²) in [6.45, 7) is 2.31. The predicted molar refractivity (Wildman–Crippen MR) is 112 cm³/mol. The van der Waals surface area contributed by atoms with Crippen LogP contribution in [-0.4, -0.2) is 57.0 Å². The van der Waals surface area contributed by atoms with Crippen LogP contribution in [0, 0.1) is 0 Å². The molecule has 0 spiro atoms. The number of hydrogen-bond acceptors (Lipinski definition) is 7. The molecule has 0 aliphatic heterocycles. The van der Waals surface area contributed by atoms with Gasteiger partial charge in [-0.2, -0.15) is 0 Å². The Morgan fingerprint density at radius 1 is 1.20 bits per heavy atom. The van der Waals surface area contributed by atoms with E-state index in [9.17, 15) is 4.79 Å². The van der Waals surface area contributed by atoms with E-state index in [0.29, 0.717) is 32.3 Å². The predicted octanol–water partition coefficient (Wildman–Crippen LogP) is 2.11. The third-order valence-electron chi connectivity index (χ3n) is 5.80. The van der Waals surface area contributed by atoms with Gasteiger partial charge in [0.05, 0.1) is 32.3 Å². The number of rotatable bonds is 9. The molecule has 0 atom stereocenters. The Kier molecular flexibility index (Phi) is 6.39. The molecule has 2 aromatic heterocycles. The van der Waals surface area contributed by atoms with Crippen molar-refractivity contribution >= 4 is 10.9 Å². The number of aromatic amines is 1. The molecule has 1 aliphatic rings. The monoisotopic (exact) mass is 412 g/mol. The molecule has 4 rings (SSSR count). The van der Waals surface area contributed by atoms with Gasteiger partial charge in [-0.05, 0) is 46.9 Å². The van der Waals surface area contributed by atoms with Gasteiger partial charge in [0.25, 0.3) is 5.56 Å². The number of benzene rings is 1. The summed E-state index contributed by atoms with van der Waals surface area (Å²) in [6, 6.07) is 8.12. The Labute approximate surface area is 175 Å². The summed E-state index contributed by atoms with van der Waals surface area (Å²) in [4.78, 5) is 18.1. The van der Waals surface area contributed by atoms with Gasteiger partial charge in [0.1, 0.15) is 5.75 Å². The molecular formula is C21H28N6O3. The van der Waals surface area contributed by atoms with E-state index in [1.807, 2.05) is 24.3 Å². The third kappa shape index (κ3) is 4.52. The minimum atomic E-state index is -0.0716. The second-order valence-corrected chi connectivity index (χ2v) is 7.73. The molecule has 1 aliphatic carbocycles. The lowest BCUT2D eigenvalue weighted by Gasteiger charge is -2.28. The van der Waals surface area contributed by atoms with Crippen LogP contribution in [0.4, 0.5) is 0 Å². The number of H-pyrrole nitrogens is 1. The molecule has 0 unspecified atom stereocenters. The lowest BCUT2D eigenvalue weighted by molar-refractivity contribution is 0.162. The second-order valence-electron chi connectivity index (χ2n) is 7.73. The van der Waals surface area contributed by atoms with E-state index >= 15 is 0 Å². The van der Waals surface area contributed by atoms with Crippen molar-refractivity contribution in [3.8, 4) is 5.75 Å². The fourth-order valence-corrected chi connectivity index (χ4v) is 4.14. The van der Waals surface area contributed by atoms with Crippen molar-refractivity contribution in [2.75, 3.05) is 20.8 Å². The Bertz CT molecular complexity index is 1040. The zero-order chi connectivity index (χ0) is 20.9. The average molecular weight is 412 g/mol. The zero-order valence-corrected chi connectivity index (χ0v) is 17.5. The van der Waals surface area contributed by atoms with Gasteiger partial charge in [-0.25, -0.2) is 4.68 Å². The topological polar surface area (TPSA) is 98.2 Å². The number of fused-ring (bicyclic) bond motifs is 1. The minimum Gasteiger partial charge on any atom is -0.497 e. The maximum atomic E-state index is 12.8. The molecule has 3 aromatic rings. The quantitative estimate of drug-likeness (QED) is 0.575. The molecule has 1 aromatic carbocycles. The van der Waals surface area contributed by atoms with Crippen LogP contribution in [0.15, 0.2) is 29.1 Å². The van der Waals surface area contributed by atoms with E-state index in [1.165, 1.54) is 12.8 Å². The first-order valence-corrected chi connectivity index (χ1v) is 10.4. The number of tetrazole rings is 1. The summed E-state index contributed by atoms with van der Waals surface area (Å²) >= 11 is 0. The maximum absolute atomic E-state index is 12.8. The first-order valence-electron chi connectivity index (χ1n) is 10.4. The summed E-state index contributed by atoms with van der Waals surface area (Å²) in [7, 11) is 3.28. The van der Waals surface area contributed by atoms with Crippen LogP contribution in [0.2, 0.25) is 0 Å². The van der Waals surface area contributed by atoms with Crippen molar-refractivity contribution in [3.05, 3.63) is 46.0 Å². The first kappa shape index (κ1) is 20.5. The minimum absolute atomic E-state index is 0.0716. The van der Waals surface area contributed by atoms with Crippen molar-refractivity contribution in [1.29, 1.82) is 0 Å². The molecule has 0 amide bonds. The van der Waals surface area contributed by atoms with Gasteiger partial charge >= 0.3 is 0 Å². The number of ether oxygens (including phenoxy) is 2. The SMILES string of the molecule is COCCn1nnnc1CN(Cc1cc2ccc(OC)cc2[nH]c1=O)C1CCCC1. The molecule has 0 saturated heterocycles. The van der Waals surface area contributed by atoms with E-state index in [4.69, 9.17) is 9.47 Å². The van der Waals surface area contributed by atoms with Crippen LogP contribution in [0.1, 0.15) is 37.1 Å². The van der Waals surface area contributed by atoms with E-state index in [-0.39, 0.29) is 5.56 Å². The Hall–Kier alpha value is -2.78. The van der Waals surface area contributed by atoms with Crippen LogP contribution in [0.3, 0.4) is 0 Å². The average Bonchev–Trinajstić information content (AvgIpc) is 3.44. The van der Waals surface area contributed by atoms with Gasteiger partial charge in [-0.3, -0.25) is 9.69 Å². The van der Waals surface area contributed by atoms with Gasteiger partial charge in [0.2, 0.25) is 0 Å². The number of nitrogens with one attached hydrogen (secondary N) is 1. The number of methoxy groups -OCH3 is 2. The molecule has 9 heteroatoms. The lowest BCUT2D eigenvalue weighted by Crippen LogP contribution is -2.35. The third-order valence-corrected chi connectivity index (χ3v) is 5.80. The molecule has 160 valence electrons. The van der Waals surface area contributed by atoms with E-state index in [0.717, 1.165) is 40.9 Å². The van der Waals surface area contributed by atoms with Crippen molar-refractivity contribution in [3.63, 3.8) is 0 Å². The standard InChI is InChI=1S/C21H28N6O3/c1-29-10-9-27-20(23-24-25-27)14-26(17-5-3-4-6-17)13-16-11-15-7-8-18(30-2)12-19(15)22-21(16)28/h7-8,11-12,17H,3-6,9-10,13-14H2,1-2H3,(H,22,28). The number of hydrogen-bond donors (Lipinski definition) is 1. The van der Waals surface area contributed by atoms with Gasteiger partial charge in [-0.15, -0.1) is 5.10 Å². The number of nitrogens with zero attached hydrogens (tertiary/aromatic N) is 5. The maximum Gasteiger partial charge on any atom is 0.252 e. The molecular weight excluding hydrogens is 384 g/mol. The Morgan fingerprint density at radius 3 is 2.80 bits per heavy atom.